The standard InChI is InChI=1S/C13H17ClN2/c14-11-2-1-3-12(13(11)10-4-5-10)16-8-6-15-7-9-16/h1-3,10,15H,4-9H2. The first-order valence-electron chi connectivity index (χ1n) is 6.10. The lowest BCUT2D eigenvalue weighted by Gasteiger charge is -2.31. The van der Waals surface area contributed by atoms with E-state index in [9.17, 15) is 0 Å². The maximum atomic E-state index is 6.34. The predicted octanol–water partition coefficient (Wildman–Crippen LogP) is 2.63. The molecule has 0 amide bonds. The number of nitrogens with zero attached hydrogens (tertiary/aromatic N) is 1. The molecule has 1 saturated carbocycles. The third-order valence-electron chi connectivity index (χ3n) is 3.47. The van der Waals surface area contributed by atoms with Crippen molar-refractivity contribution in [3.05, 3.63) is 28.8 Å². The van der Waals surface area contributed by atoms with E-state index >= 15 is 0 Å². The summed E-state index contributed by atoms with van der Waals surface area (Å²) >= 11 is 6.34. The third kappa shape index (κ3) is 1.92. The van der Waals surface area contributed by atoms with Crippen LogP contribution >= 0.6 is 11.6 Å². The van der Waals surface area contributed by atoms with Gasteiger partial charge in [0.2, 0.25) is 0 Å². The predicted molar refractivity (Wildman–Crippen MR) is 68.5 cm³/mol. The van der Waals surface area contributed by atoms with Gasteiger partial charge in [0, 0.05) is 36.9 Å². The van der Waals surface area contributed by atoms with Gasteiger partial charge in [0.25, 0.3) is 0 Å². The van der Waals surface area contributed by atoms with Crippen LogP contribution in [0.15, 0.2) is 18.2 Å². The molecule has 16 heavy (non-hydrogen) atoms. The number of rotatable bonds is 2. The molecule has 0 bridgehead atoms. The fraction of sp³-hybridized carbons (Fsp3) is 0.538. The number of benzene rings is 1. The Hall–Kier alpha value is -0.730. The van der Waals surface area contributed by atoms with Gasteiger partial charge in [0.1, 0.15) is 0 Å². The molecule has 0 aromatic heterocycles. The lowest BCUT2D eigenvalue weighted by atomic mass is 10.1. The average molecular weight is 237 g/mol. The van der Waals surface area contributed by atoms with Crippen LogP contribution in [0.25, 0.3) is 0 Å². The number of hydrogen-bond acceptors (Lipinski definition) is 2. The maximum absolute atomic E-state index is 6.34. The van der Waals surface area contributed by atoms with E-state index in [1.807, 2.05) is 6.07 Å². The fourth-order valence-electron chi connectivity index (χ4n) is 2.48. The van der Waals surface area contributed by atoms with Gasteiger partial charge in [-0.15, -0.1) is 0 Å². The zero-order chi connectivity index (χ0) is 11.0. The molecule has 2 nitrogen and oxygen atoms in total. The van der Waals surface area contributed by atoms with Gasteiger partial charge in [-0.2, -0.15) is 0 Å². The highest BCUT2D eigenvalue weighted by Crippen LogP contribution is 2.47. The van der Waals surface area contributed by atoms with Crippen molar-refractivity contribution >= 4 is 17.3 Å². The van der Waals surface area contributed by atoms with Crippen LogP contribution in [0.2, 0.25) is 5.02 Å². The number of piperazine rings is 1. The molecular weight excluding hydrogens is 220 g/mol. The summed E-state index contributed by atoms with van der Waals surface area (Å²) in [6.45, 7) is 4.35. The third-order valence-corrected chi connectivity index (χ3v) is 3.80. The van der Waals surface area contributed by atoms with Crippen molar-refractivity contribution in [1.29, 1.82) is 0 Å². The topological polar surface area (TPSA) is 15.3 Å². The molecule has 1 saturated heterocycles. The molecule has 1 heterocycles. The molecule has 0 atom stereocenters. The molecule has 1 N–H and O–H groups in total. The molecule has 0 unspecified atom stereocenters. The minimum atomic E-state index is 0.721. The van der Waals surface area contributed by atoms with Gasteiger partial charge in [-0.3, -0.25) is 0 Å². The Balaban J connectivity index is 1.95. The molecule has 2 fully saturated rings. The van der Waals surface area contributed by atoms with Crippen LogP contribution in [0.1, 0.15) is 24.3 Å². The molecule has 0 spiro atoms. The number of halogens is 1. The molecule has 3 rings (SSSR count). The van der Waals surface area contributed by atoms with Crippen molar-refractivity contribution in [2.24, 2.45) is 0 Å². The second-order valence-electron chi connectivity index (χ2n) is 4.68. The van der Waals surface area contributed by atoms with E-state index < -0.39 is 0 Å². The Labute approximate surface area is 102 Å². The zero-order valence-corrected chi connectivity index (χ0v) is 10.1. The first kappa shape index (κ1) is 10.4. The van der Waals surface area contributed by atoms with E-state index in [0.717, 1.165) is 37.1 Å². The number of hydrogen-bond donors (Lipinski definition) is 1. The van der Waals surface area contributed by atoms with Crippen LogP contribution in [0.3, 0.4) is 0 Å². The van der Waals surface area contributed by atoms with E-state index in [4.69, 9.17) is 11.6 Å². The summed E-state index contributed by atoms with van der Waals surface area (Å²) in [7, 11) is 0. The zero-order valence-electron chi connectivity index (χ0n) is 9.38. The van der Waals surface area contributed by atoms with Crippen LogP contribution in [-0.2, 0) is 0 Å². The summed E-state index contributed by atoms with van der Waals surface area (Å²) in [5.41, 5.74) is 2.77. The van der Waals surface area contributed by atoms with Crippen molar-refractivity contribution in [2.45, 2.75) is 18.8 Å². The molecule has 1 aromatic rings. The summed E-state index contributed by atoms with van der Waals surface area (Å²) in [5.74, 6) is 0.721. The van der Waals surface area contributed by atoms with Crippen LogP contribution in [0.5, 0.6) is 0 Å². The van der Waals surface area contributed by atoms with Gasteiger partial charge in [-0.1, -0.05) is 17.7 Å². The Bertz CT molecular complexity index is 382. The number of anilines is 1. The molecule has 2 aliphatic rings. The Morgan fingerprint density at radius 1 is 1.19 bits per heavy atom. The summed E-state index contributed by atoms with van der Waals surface area (Å²) in [5, 5.41) is 4.35. The normalized spacial score (nSPS) is 21.2. The van der Waals surface area contributed by atoms with Crippen molar-refractivity contribution < 1.29 is 0 Å². The van der Waals surface area contributed by atoms with E-state index in [1.54, 1.807) is 0 Å². The van der Waals surface area contributed by atoms with E-state index in [0.29, 0.717) is 0 Å². The first-order valence-corrected chi connectivity index (χ1v) is 6.48. The van der Waals surface area contributed by atoms with Crippen LogP contribution < -0.4 is 10.2 Å². The molecule has 0 radical (unpaired) electrons. The lowest BCUT2D eigenvalue weighted by Crippen LogP contribution is -2.43. The van der Waals surface area contributed by atoms with Gasteiger partial charge in [-0.25, -0.2) is 0 Å². The average Bonchev–Trinajstić information content (AvgIpc) is 3.14. The molecule has 86 valence electrons. The van der Waals surface area contributed by atoms with Crippen LogP contribution in [0, 0.1) is 0 Å². The molecule has 1 aromatic carbocycles. The van der Waals surface area contributed by atoms with Gasteiger partial charge in [0.15, 0.2) is 0 Å². The first-order chi connectivity index (χ1) is 7.86. The summed E-state index contributed by atoms with van der Waals surface area (Å²) in [6.07, 6.45) is 2.62. The van der Waals surface area contributed by atoms with Crippen molar-refractivity contribution in [3.8, 4) is 0 Å². The van der Waals surface area contributed by atoms with Crippen LogP contribution in [-0.4, -0.2) is 26.2 Å². The molecule has 3 heteroatoms. The monoisotopic (exact) mass is 236 g/mol. The molecule has 1 aliphatic heterocycles. The molecular formula is C13H17ClN2. The summed E-state index contributed by atoms with van der Waals surface area (Å²) in [6, 6.07) is 6.33. The van der Waals surface area contributed by atoms with Gasteiger partial charge < -0.3 is 10.2 Å². The Morgan fingerprint density at radius 2 is 1.94 bits per heavy atom. The van der Waals surface area contributed by atoms with Gasteiger partial charge in [0.05, 0.1) is 0 Å². The van der Waals surface area contributed by atoms with Crippen molar-refractivity contribution in [1.82, 2.24) is 5.32 Å². The lowest BCUT2D eigenvalue weighted by molar-refractivity contribution is 0.588. The highest BCUT2D eigenvalue weighted by atomic mass is 35.5. The fourth-order valence-corrected chi connectivity index (χ4v) is 2.81. The summed E-state index contributed by atoms with van der Waals surface area (Å²) < 4.78 is 0. The maximum Gasteiger partial charge on any atom is 0.0461 e. The minimum absolute atomic E-state index is 0.721. The smallest absolute Gasteiger partial charge is 0.0461 e. The SMILES string of the molecule is Clc1cccc(N2CCNCC2)c1C1CC1. The van der Waals surface area contributed by atoms with Crippen molar-refractivity contribution in [3.63, 3.8) is 0 Å². The van der Waals surface area contributed by atoms with Crippen molar-refractivity contribution in [2.75, 3.05) is 31.1 Å². The minimum Gasteiger partial charge on any atom is -0.369 e. The van der Waals surface area contributed by atoms with E-state index in [-0.39, 0.29) is 0 Å². The Kier molecular flexibility index (Phi) is 2.78. The van der Waals surface area contributed by atoms with E-state index in [1.165, 1.54) is 24.1 Å². The highest BCUT2D eigenvalue weighted by Gasteiger charge is 2.30. The molecule has 1 aliphatic carbocycles. The van der Waals surface area contributed by atoms with Gasteiger partial charge >= 0.3 is 0 Å². The second kappa shape index (κ2) is 4.27. The van der Waals surface area contributed by atoms with Crippen LogP contribution in [0.4, 0.5) is 5.69 Å². The Morgan fingerprint density at radius 3 is 2.62 bits per heavy atom. The quantitative estimate of drug-likeness (QED) is 0.849. The van der Waals surface area contributed by atoms with E-state index in [2.05, 4.69) is 22.3 Å². The largest absolute Gasteiger partial charge is 0.369 e. The second-order valence-corrected chi connectivity index (χ2v) is 5.09. The highest BCUT2D eigenvalue weighted by molar-refractivity contribution is 6.31. The summed E-state index contributed by atoms with van der Waals surface area (Å²) in [4.78, 5) is 2.47. The van der Waals surface area contributed by atoms with Gasteiger partial charge in [-0.05, 0) is 36.5 Å². The number of nitrogens with one attached hydrogen (secondary N) is 1.